The van der Waals surface area contributed by atoms with E-state index in [1.165, 1.54) is 17.2 Å². The van der Waals surface area contributed by atoms with E-state index in [1.54, 1.807) is 6.20 Å². The fraction of sp³-hybridized carbons (Fsp3) is 0.375. The summed E-state index contributed by atoms with van der Waals surface area (Å²) in [5.41, 5.74) is 0.934. The highest BCUT2D eigenvalue weighted by molar-refractivity contribution is 5.88. The van der Waals surface area contributed by atoms with Crippen LogP contribution in [-0.2, 0) is 0 Å². The molecule has 0 spiro atoms. The Balaban J connectivity index is 2.34. The molecule has 4 nitrogen and oxygen atoms in total. The molecule has 0 aliphatic carbocycles. The lowest BCUT2D eigenvalue weighted by Gasteiger charge is -2.13. The average Bonchev–Trinajstić information content (AvgIpc) is 2.56. The summed E-state index contributed by atoms with van der Waals surface area (Å²) in [4.78, 5) is 5.17. The van der Waals surface area contributed by atoms with Gasteiger partial charge in [-0.25, -0.2) is 9.38 Å². The van der Waals surface area contributed by atoms with Gasteiger partial charge in [-0.15, -0.1) is 4.80 Å². The van der Waals surface area contributed by atoms with Crippen LogP contribution in [-0.4, -0.2) is 27.0 Å². The molecule has 0 radical (unpaired) electrons. The van der Waals surface area contributed by atoms with Crippen molar-refractivity contribution in [3.8, 4) is 0 Å². The molecule has 0 saturated carbocycles. The first kappa shape index (κ1) is 8.10. The molecule has 1 atom stereocenters. The van der Waals surface area contributed by atoms with Crippen LogP contribution < -0.4 is 0 Å². The summed E-state index contributed by atoms with van der Waals surface area (Å²) in [6.07, 6.45) is 3.92. The standard InChI is InChI=1S/C8H9FN4/c1-6-4-7(9)8(10-5-6)13-11-2-3-12-13/h2-3,5,7H,4H2,1H3. The van der Waals surface area contributed by atoms with Crippen LogP contribution in [0, 0.1) is 0 Å². The summed E-state index contributed by atoms with van der Waals surface area (Å²) in [5.74, 6) is 0.260. The van der Waals surface area contributed by atoms with Crippen LogP contribution in [0.1, 0.15) is 13.3 Å². The van der Waals surface area contributed by atoms with Crippen molar-refractivity contribution in [2.45, 2.75) is 19.5 Å². The number of aliphatic imine (C=N–C) groups is 1. The third kappa shape index (κ3) is 1.49. The van der Waals surface area contributed by atoms with Gasteiger partial charge < -0.3 is 0 Å². The predicted molar refractivity (Wildman–Crippen MR) is 46.1 cm³/mol. The molecule has 13 heavy (non-hydrogen) atoms. The molecule has 0 amide bonds. The minimum atomic E-state index is -1.10. The summed E-state index contributed by atoms with van der Waals surface area (Å²) >= 11 is 0. The summed E-state index contributed by atoms with van der Waals surface area (Å²) < 4.78 is 13.4. The van der Waals surface area contributed by atoms with Crippen LogP contribution >= 0.6 is 0 Å². The minimum absolute atomic E-state index is 0.260. The molecule has 1 aliphatic rings. The average molecular weight is 180 g/mol. The Morgan fingerprint density at radius 3 is 2.77 bits per heavy atom. The molecule has 0 fully saturated rings. The van der Waals surface area contributed by atoms with Crippen molar-refractivity contribution in [2.75, 3.05) is 0 Å². The second-order valence-corrected chi connectivity index (χ2v) is 2.95. The summed E-state index contributed by atoms with van der Waals surface area (Å²) in [6.45, 7) is 1.85. The van der Waals surface area contributed by atoms with Gasteiger partial charge in [-0.3, -0.25) is 0 Å². The monoisotopic (exact) mass is 180 g/mol. The van der Waals surface area contributed by atoms with Crippen molar-refractivity contribution in [3.63, 3.8) is 0 Å². The molecule has 1 aliphatic heterocycles. The largest absolute Gasteiger partial charge is 0.238 e. The topological polar surface area (TPSA) is 43.1 Å². The Labute approximate surface area is 74.8 Å². The first-order valence-electron chi connectivity index (χ1n) is 4.01. The first-order valence-corrected chi connectivity index (χ1v) is 4.01. The zero-order chi connectivity index (χ0) is 9.26. The molecular formula is C8H9FN4. The van der Waals surface area contributed by atoms with Crippen molar-refractivity contribution >= 4 is 5.84 Å². The Hall–Kier alpha value is -1.52. The van der Waals surface area contributed by atoms with E-state index in [-0.39, 0.29) is 5.84 Å². The van der Waals surface area contributed by atoms with Crippen molar-refractivity contribution in [2.24, 2.45) is 4.99 Å². The summed E-state index contributed by atoms with van der Waals surface area (Å²) in [6, 6.07) is 0. The molecule has 1 aromatic heterocycles. The molecule has 5 heteroatoms. The molecule has 1 unspecified atom stereocenters. The highest BCUT2D eigenvalue weighted by Crippen LogP contribution is 2.15. The maximum absolute atomic E-state index is 13.4. The van der Waals surface area contributed by atoms with Crippen molar-refractivity contribution in [3.05, 3.63) is 24.2 Å². The second kappa shape index (κ2) is 3.08. The van der Waals surface area contributed by atoms with Gasteiger partial charge in [0.2, 0.25) is 0 Å². The number of halogens is 1. The van der Waals surface area contributed by atoms with Crippen molar-refractivity contribution in [1.29, 1.82) is 0 Å². The molecule has 0 bridgehead atoms. The van der Waals surface area contributed by atoms with Gasteiger partial charge in [-0.05, 0) is 6.92 Å². The Kier molecular flexibility index (Phi) is 1.92. The highest BCUT2D eigenvalue weighted by atomic mass is 19.1. The van der Waals surface area contributed by atoms with E-state index in [2.05, 4.69) is 15.2 Å². The fourth-order valence-corrected chi connectivity index (χ4v) is 1.19. The third-order valence-corrected chi connectivity index (χ3v) is 1.82. The lowest BCUT2D eigenvalue weighted by atomic mass is 10.1. The van der Waals surface area contributed by atoms with Crippen LogP contribution in [0.4, 0.5) is 4.39 Å². The molecule has 0 saturated heterocycles. The van der Waals surface area contributed by atoms with E-state index in [1.807, 2.05) is 6.92 Å². The highest BCUT2D eigenvalue weighted by Gasteiger charge is 2.21. The van der Waals surface area contributed by atoms with Crippen LogP contribution in [0.25, 0.3) is 0 Å². The predicted octanol–water partition coefficient (Wildman–Crippen LogP) is 1.17. The first-order chi connectivity index (χ1) is 6.27. The van der Waals surface area contributed by atoms with Gasteiger partial charge in [-0.1, -0.05) is 5.57 Å². The van der Waals surface area contributed by atoms with Gasteiger partial charge in [0.15, 0.2) is 12.0 Å². The van der Waals surface area contributed by atoms with Gasteiger partial charge >= 0.3 is 0 Å². The molecule has 1 aromatic rings. The van der Waals surface area contributed by atoms with Gasteiger partial charge in [-0.2, -0.15) is 10.2 Å². The SMILES string of the molecule is CC1=CN=C(n2nccn2)C(F)C1. The van der Waals surface area contributed by atoms with Crippen LogP contribution in [0.15, 0.2) is 29.2 Å². The lowest BCUT2D eigenvalue weighted by Crippen LogP contribution is -2.28. The zero-order valence-corrected chi connectivity index (χ0v) is 7.18. The number of rotatable bonds is 0. The Bertz CT molecular complexity index is 352. The molecule has 0 aromatic carbocycles. The van der Waals surface area contributed by atoms with E-state index >= 15 is 0 Å². The number of aromatic nitrogens is 3. The van der Waals surface area contributed by atoms with Gasteiger partial charge in [0.05, 0.1) is 12.4 Å². The number of hydrogen-bond acceptors (Lipinski definition) is 3. The zero-order valence-electron chi connectivity index (χ0n) is 7.18. The molecule has 2 heterocycles. The second-order valence-electron chi connectivity index (χ2n) is 2.95. The summed E-state index contributed by atoms with van der Waals surface area (Å²) in [5, 5.41) is 7.64. The Morgan fingerprint density at radius 2 is 2.15 bits per heavy atom. The quantitative estimate of drug-likeness (QED) is 0.601. The summed E-state index contributed by atoms with van der Waals surface area (Å²) in [7, 11) is 0. The van der Waals surface area contributed by atoms with E-state index in [0.29, 0.717) is 6.42 Å². The number of hydrogen-bond donors (Lipinski definition) is 0. The number of allylic oxidation sites excluding steroid dienone is 1. The number of alkyl halides is 1. The van der Waals surface area contributed by atoms with Crippen LogP contribution in [0.2, 0.25) is 0 Å². The fourth-order valence-electron chi connectivity index (χ4n) is 1.19. The molecule has 68 valence electrons. The lowest BCUT2D eigenvalue weighted by molar-refractivity contribution is 0.404. The maximum Gasteiger partial charge on any atom is 0.185 e. The third-order valence-electron chi connectivity index (χ3n) is 1.82. The van der Waals surface area contributed by atoms with Crippen LogP contribution in [0.3, 0.4) is 0 Å². The molecule has 0 N–H and O–H groups in total. The van der Waals surface area contributed by atoms with E-state index in [9.17, 15) is 4.39 Å². The van der Waals surface area contributed by atoms with Crippen molar-refractivity contribution < 1.29 is 4.39 Å². The normalized spacial score (nSPS) is 22.5. The number of nitrogens with zero attached hydrogens (tertiary/aromatic N) is 4. The smallest absolute Gasteiger partial charge is 0.185 e. The Morgan fingerprint density at radius 1 is 1.46 bits per heavy atom. The van der Waals surface area contributed by atoms with Crippen molar-refractivity contribution in [1.82, 2.24) is 15.0 Å². The molecular weight excluding hydrogens is 171 g/mol. The maximum atomic E-state index is 13.4. The minimum Gasteiger partial charge on any atom is -0.238 e. The van der Waals surface area contributed by atoms with E-state index in [0.717, 1.165) is 5.57 Å². The van der Waals surface area contributed by atoms with Crippen LogP contribution in [0.5, 0.6) is 0 Å². The van der Waals surface area contributed by atoms with E-state index < -0.39 is 6.17 Å². The van der Waals surface area contributed by atoms with Gasteiger partial charge in [0.25, 0.3) is 0 Å². The van der Waals surface area contributed by atoms with Gasteiger partial charge in [0, 0.05) is 12.6 Å². The van der Waals surface area contributed by atoms with E-state index in [4.69, 9.17) is 0 Å². The van der Waals surface area contributed by atoms with Gasteiger partial charge in [0.1, 0.15) is 0 Å². The molecule has 2 rings (SSSR count).